The Kier molecular flexibility index (Phi) is 5.91. The molecule has 0 saturated heterocycles. The van der Waals surface area contributed by atoms with Crippen LogP contribution in [0.3, 0.4) is 0 Å². The molecule has 8 nitrogen and oxygen atoms in total. The average Bonchev–Trinajstić information content (AvgIpc) is 2.74. The van der Waals surface area contributed by atoms with Gasteiger partial charge in [0.1, 0.15) is 17.3 Å². The van der Waals surface area contributed by atoms with E-state index in [1.165, 1.54) is 12.4 Å². The number of nitrogens with one attached hydrogen (secondary N) is 2. The average molecular weight is 380 g/mol. The first-order chi connectivity index (χ1) is 13.6. The number of benzene rings is 2. The summed E-state index contributed by atoms with van der Waals surface area (Å²) in [6.07, 6.45) is 2.88. The molecule has 1 aromatic heterocycles. The summed E-state index contributed by atoms with van der Waals surface area (Å²) in [5.41, 5.74) is 1.56. The second kappa shape index (κ2) is 8.72. The third kappa shape index (κ3) is 4.47. The van der Waals surface area contributed by atoms with Gasteiger partial charge in [0.05, 0.1) is 33.7 Å². The molecule has 3 rings (SSSR count). The van der Waals surface area contributed by atoms with Gasteiger partial charge in [0.15, 0.2) is 11.5 Å². The molecular weight excluding hydrogens is 360 g/mol. The Morgan fingerprint density at radius 3 is 2.36 bits per heavy atom. The van der Waals surface area contributed by atoms with Crippen LogP contribution in [0.2, 0.25) is 0 Å². The molecule has 1 heterocycles. The van der Waals surface area contributed by atoms with E-state index in [-0.39, 0.29) is 11.6 Å². The minimum atomic E-state index is -0.363. The van der Waals surface area contributed by atoms with Gasteiger partial charge in [-0.3, -0.25) is 4.79 Å². The van der Waals surface area contributed by atoms with E-state index in [2.05, 4.69) is 20.6 Å². The Hall–Kier alpha value is -3.81. The van der Waals surface area contributed by atoms with Crippen LogP contribution in [0.5, 0.6) is 17.2 Å². The number of methoxy groups -OCH3 is 3. The molecule has 144 valence electrons. The number of hydrogen-bond acceptors (Lipinski definition) is 7. The van der Waals surface area contributed by atoms with Gasteiger partial charge >= 0.3 is 0 Å². The number of nitrogens with zero attached hydrogens (tertiary/aromatic N) is 2. The maximum absolute atomic E-state index is 12.3. The lowest BCUT2D eigenvalue weighted by molar-refractivity contribution is 0.102. The van der Waals surface area contributed by atoms with Crippen LogP contribution in [-0.4, -0.2) is 37.2 Å². The molecule has 1 amide bonds. The predicted molar refractivity (Wildman–Crippen MR) is 106 cm³/mol. The minimum Gasteiger partial charge on any atom is -0.497 e. The lowest BCUT2D eigenvalue weighted by Gasteiger charge is -2.11. The van der Waals surface area contributed by atoms with Crippen LogP contribution < -0.4 is 24.8 Å². The van der Waals surface area contributed by atoms with Crippen LogP contribution in [0.4, 0.5) is 17.2 Å². The number of aromatic nitrogens is 2. The van der Waals surface area contributed by atoms with Gasteiger partial charge in [-0.25, -0.2) is 9.97 Å². The number of ether oxygens (including phenoxy) is 3. The van der Waals surface area contributed by atoms with Crippen molar-refractivity contribution in [3.8, 4) is 17.2 Å². The molecule has 28 heavy (non-hydrogen) atoms. The van der Waals surface area contributed by atoms with Crippen molar-refractivity contribution < 1.29 is 19.0 Å². The van der Waals surface area contributed by atoms with Gasteiger partial charge in [0, 0.05) is 23.5 Å². The largest absolute Gasteiger partial charge is 0.497 e. The molecule has 0 atom stereocenters. The normalized spacial score (nSPS) is 10.1. The van der Waals surface area contributed by atoms with E-state index in [1.54, 1.807) is 57.7 Å². The van der Waals surface area contributed by atoms with Crippen molar-refractivity contribution in [2.45, 2.75) is 0 Å². The molecular formula is C20H20N4O4. The Balaban J connectivity index is 1.68. The lowest BCUT2D eigenvalue weighted by atomic mass is 10.2. The van der Waals surface area contributed by atoms with Crippen LogP contribution in [0.1, 0.15) is 10.5 Å². The molecule has 0 saturated carbocycles. The second-order valence-corrected chi connectivity index (χ2v) is 5.67. The summed E-state index contributed by atoms with van der Waals surface area (Å²) >= 11 is 0. The molecule has 0 aliphatic rings. The number of anilines is 3. The summed E-state index contributed by atoms with van der Waals surface area (Å²) in [6, 6.07) is 12.5. The first-order valence-electron chi connectivity index (χ1n) is 8.39. The van der Waals surface area contributed by atoms with E-state index >= 15 is 0 Å². The monoisotopic (exact) mass is 380 g/mol. The van der Waals surface area contributed by atoms with E-state index in [0.29, 0.717) is 28.8 Å². The summed E-state index contributed by atoms with van der Waals surface area (Å²) in [5, 5.41) is 5.86. The Morgan fingerprint density at radius 2 is 1.68 bits per heavy atom. The van der Waals surface area contributed by atoms with Gasteiger partial charge in [-0.15, -0.1) is 0 Å². The van der Waals surface area contributed by atoms with Gasteiger partial charge in [0.25, 0.3) is 5.91 Å². The van der Waals surface area contributed by atoms with E-state index in [9.17, 15) is 4.79 Å². The topological polar surface area (TPSA) is 94.6 Å². The minimum absolute atomic E-state index is 0.195. The van der Waals surface area contributed by atoms with Crippen molar-refractivity contribution in [1.82, 2.24) is 9.97 Å². The second-order valence-electron chi connectivity index (χ2n) is 5.67. The molecule has 8 heteroatoms. The standard InChI is InChI=1S/C20H20N4O4/c1-26-15-6-4-5-13(9-15)24-20(25)16-11-22-19(12-21-16)23-14-7-8-17(27-2)18(10-14)28-3/h4-12H,1-3H3,(H,22,23)(H,24,25). The zero-order valence-electron chi connectivity index (χ0n) is 15.7. The zero-order chi connectivity index (χ0) is 19.9. The van der Waals surface area contributed by atoms with Crippen molar-refractivity contribution in [3.63, 3.8) is 0 Å². The molecule has 2 N–H and O–H groups in total. The van der Waals surface area contributed by atoms with E-state index < -0.39 is 0 Å². The fraction of sp³-hybridized carbons (Fsp3) is 0.150. The Bertz CT molecular complexity index is 961. The van der Waals surface area contributed by atoms with Crippen molar-refractivity contribution in [2.75, 3.05) is 32.0 Å². The van der Waals surface area contributed by atoms with Crippen LogP contribution in [0, 0.1) is 0 Å². The van der Waals surface area contributed by atoms with Gasteiger partial charge in [-0.1, -0.05) is 6.07 Å². The van der Waals surface area contributed by atoms with E-state index in [4.69, 9.17) is 14.2 Å². The van der Waals surface area contributed by atoms with Crippen LogP contribution in [0.25, 0.3) is 0 Å². The molecule has 0 spiro atoms. The van der Waals surface area contributed by atoms with Gasteiger partial charge < -0.3 is 24.8 Å². The van der Waals surface area contributed by atoms with E-state index in [0.717, 1.165) is 5.69 Å². The zero-order valence-corrected chi connectivity index (χ0v) is 15.7. The van der Waals surface area contributed by atoms with Gasteiger partial charge in [-0.2, -0.15) is 0 Å². The molecule has 0 bridgehead atoms. The third-order valence-electron chi connectivity index (χ3n) is 3.87. The maximum atomic E-state index is 12.3. The number of carbonyl (C=O) groups is 1. The summed E-state index contributed by atoms with van der Waals surface area (Å²) < 4.78 is 15.6. The highest BCUT2D eigenvalue weighted by Crippen LogP contribution is 2.30. The van der Waals surface area contributed by atoms with Gasteiger partial charge in [-0.05, 0) is 24.3 Å². The first-order valence-corrected chi connectivity index (χ1v) is 8.39. The summed E-state index contributed by atoms with van der Waals surface area (Å²) in [7, 11) is 4.71. The third-order valence-corrected chi connectivity index (χ3v) is 3.87. The Labute approximate surface area is 162 Å². The summed E-state index contributed by atoms with van der Waals surface area (Å²) in [6.45, 7) is 0. The van der Waals surface area contributed by atoms with Crippen molar-refractivity contribution in [2.24, 2.45) is 0 Å². The molecule has 0 radical (unpaired) electrons. The smallest absolute Gasteiger partial charge is 0.275 e. The summed E-state index contributed by atoms with van der Waals surface area (Å²) in [4.78, 5) is 20.7. The fourth-order valence-corrected chi connectivity index (χ4v) is 2.47. The van der Waals surface area contributed by atoms with Crippen molar-refractivity contribution >= 4 is 23.1 Å². The highest BCUT2D eigenvalue weighted by atomic mass is 16.5. The number of rotatable bonds is 7. The molecule has 0 aliphatic heterocycles. The highest BCUT2D eigenvalue weighted by molar-refractivity contribution is 6.02. The molecule has 0 fully saturated rings. The van der Waals surface area contributed by atoms with Crippen LogP contribution >= 0.6 is 0 Å². The van der Waals surface area contributed by atoms with Crippen molar-refractivity contribution in [3.05, 3.63) is 60.6 Å². The first kappa shape index (κ1) is 19.0. The van der Waals surface area contributed by atoms with Gasteiger partial charge in [0.2, 0.25) is 0 Å². The fourth-order valence-electron chi connectivity index (χ4n) is 2.47. The predicted octanol–water partition coefficient (Wildman–Crippen LogP) is 3.50. The van der Waals surface area contributed by atoms with Crippen LogP contribution in [-0.2, 0) is 0 Å². The number of hydrogen-bond donors (Lipinski definition) is 2. The SMILES string of the molecule is COc1cccc(NC(=O)c2cnc(Nc3ccc(OC)c(OC)c3)cn2)c1. The Morgan fingerprint density at radius 1 is 0.857 bits per heavy atom. The number of amides is 1. The molecule has 3 aromatic rings. The highest BCUT2D eigenvalue weighted by Gasteiger charge is 2.10. The maximum Gasteiger partial charge on any atom is 0.275 e. The van der Waals surface area contributed by atoms with Crippen molar-refractivity contribution in [1.29, 1.82) is 0 Å². The molecule has 0 aliphatic carbocycles. The lowest BCUT2D eigenvalue weighted by Crippen LogP contribution is -2.14. The van der Waals surface area contributed by atoms with Crippen LogP contribution in [0.15, 0.2) is 54.9 Å². The van der Waals surface area contributed by atoms with E-state index in [1.807, 2.05) is 6.07 Å². The molecule has 0 unspecified atom stereocenters. The number of carbonyl (C=O) groups excluding carboxylic acids is 1. The quantitative estimate of drug-likeness (QED) is 0.648. The summed E-state index contributed by atoms with van der Waals surface area (Å²) in [5.74, 6) is 2.00. The molecule has 2 aromatic carbocycles.